The average molecular weight is 263 g/mol. The number of unbranched alkanes of at least 4 members (excludes halogenated alkanes) is 1. The number of aryl methyl sites for hydroxylation is 1. The number of carbonyl (C=O) groups is 1. The molecule has 0 unspecified atom stereocenters. The van der Waals surface area contributed by atoms with Crippen molar-refractivity contribution in [1.29, 1.82) is 0 Å². The van der Waals surface area contributed by atoms with Gasteiger partial charge in [0.05, 0.1) is 0 Å². The largest absolute Gasteiger partial charge is 0.370 e. The van der Waals surface area contributed by atoms with Crippen molar-refractivity contribution in [2.75, 3.05) is 18.4 Å². The lowest BCUT2D eigenvalue weighted by Crippen LogP contribution is -2.24. The van der Waals surface area contributed by atoms with Gasteiger partial charge in [0.1, 0.15) is 5.82 Å². The molecule has 1 heterocycles. The SMILES string of the molecule is CCCCNC(=O)c1cc(CC)nc(NCCC)c1. The van der Waals surface area contributed by atoms with Crippen LogP contribution in [0.25, 0.3) is 0 Å². The topological polar surface area (TPSA) is 54.0 Å². The van der Waals surface area contributed by atoms with Crippen LogP contribution in [-0.2, 0) is 6.42 Å². The molecular weight excluding hydrogens is 238 g/mol. The molecule has 0 atom stereocenters. The summed E-state index contributed by atoms with van der Waals surface area (Å²) in [7, 11) is 0. The first-order valence-corrected chi connectivity index (χ1v) is 7.24. The molecule has 0 aliphatic rings. The molecule has 0 fully saturated rings. The van der Waals surface area contributed by atoms with Crippen LogP contribution in [0.5, 0.6) is 0 Å². The molecule has 0 aromatic carbocycles. The maximum atomic E-state index is 12.0. The highest BCUT2D eigenvalue weighted by molar-refractivity contribution is 5.95. The number of aromatic nitrogens is 1. The molecule has 106 valence electrons. The maximum Gasteiger partial charge on any atom is 0.251 e. The fourth-order valence-electron chi connectivity index (χ4n) is 1.72. The van der Waals surface area contributed by atoms with Crippen molar-refractivity contribution in [2.45, 2.75) is 46.5 Å². The number of anilines is 1. The fourth-order valence-corrected chi connectivity index (χ4v) is 1.72. The molecule has 1 rings (SSSR count). The van der Waals surface area contributed by atoms with Crippen LogP contribution in [0.4, 0.5) is 5.82 Å². The third-order valence-corrected chi connectivity index (χ3v) is 2.87. The molecule has 0 radical (unpaired) electrons. The van der Waals surface area contributed by atoms with Gasteiger partial charge in [-0.05, 0) is 31.4 Å². The number of hydrogen-bond donors (Lipinski definition) is 2. The Bertz CT molecular complexity index is 404. The Morgan fingerprint density at radius 3 is 2.58 bits per heavy atom. The van der Waals surface area contributed by atoms with Crippen LogP contribution in [0, 0.1) is 0 Å². The van der Waals surface area contributed by atoms with Crippen LogP contribution in [0.15, 0.2) is 12.1 Å². The van der Waals surface area contributed by atoms with Gasteiger partial charge in [0.2, 0.25) is 0 Å². The Morgan fingerprint density at radius 1 is 1.16 bits per heavy atom. The van der Waals surface area contributed by atoms with Gasteiger partial charge in [0, 0.05) is 24.3 Å². The van der Waals surface area contributed by atoms with Gasteiger partial charge in [-0.1, -0.05) is 27.2 Å². The second kappa shape index (κ2) is 8.51. The predicted molar refractivity (Wildman–Crippen MR) is 79.6 cm³/mol. The summed E-state index contributed by atoms with van der Waals surface area (Å²) in [5.41, 5.74) is 1.64. The molecule has 0 bridgehead atoms. The first kappa shape index (κ1) is 15.5. The Kier molecular flexibility index (Phi) is 6.93. The van der Waals surface area contributed by atoms with Crippen LogP contribution in [0.2, 0.25) is 0 Å². The number of rotatable bonds is 8. The Balaban J connectivity index is 2.77. The highest BCUT2D eigenvalue weighted by Gasteiger charge is 2.08. The summed E-state index contributed by atoms with van der Waals surface area (Å²) < 4.78 is 0. The number of hydrogen-bond acceptors (Lipinski definition) is 3. The van der Waals surface area contributed by atoms with Crippen molar-refractivity contribution in [3.8, 4) is 0 Å². The van der Waals surface area contributed by atoms with E-state index in [9.17, 15) is 4.79 Å². The minimum absolute atomic E-state index is 0.00917. The predicted octanol–water partition coefficient (Wildman–Crippen LogP) is 3.00. The van der Waals surface area contributed by atoms with E-state index < -0.39 is 0 Å². The zero-order valence-corrected chi connectivity index (χ0v) is 12.3. The number of pyridine rings is 1. The molecule has 1 amide bonds. The van der Waals surface area contributed by atoms with E-state index in [1.165, 1.54) is 0 Å². The van der Waals surface area contributed by atoms with Gasteiger partial charge in [-0.25, -0.2) is 4.98 Å². The molecular formula is C15H25N3O. The van der Waals surface area contributed by atoms with Crippen LogP contribution in [-0.4, -0.2) is 24.0 Å². The highest BCUT2D eigenvalue weighted by atomic mass is 16.1. The monoisotopic (exact) mass is 263 g/mol. The number of amides is 1. The van der Waals surface area contributed by atoms with Crippen molar-refractivity contribution in [3.05, 3.63) is 23.4 Å². The van der Waals surface area contributed by atoms with Gasteiger partial charge in [-0.3, -0.25) is 4.79 Å². The lowest BCUT2D eigenvalue weighted by Gasteiger charge is -2.10. The third-order valence-electron chi connectivity index (χ3n) is 2.87. The van der Waals surface area contributed by atoms with Crippen LogP contribution in [0.3, 0.4) is 0 Å². The summed E-state index contributed by atoms with van der Waals surface area (Å²) in [6, 6.07) is 3.70. The Labute approximate surface area is 116 Å². The van der Waals surface area contributed by atoms with Crippen LogP contribution in [0.1, 0.15) is 56.1 Å². The van der Waals surface area contributed by atoms with Crippen molar-refractivity contribution >= 4 is 11.7 Å². The van der Waals surface area contributed by atoms with E-state index in [1.54, 1.807) is 0 Å². The van der Waals surface area contributed by atoms with Crippen molar-refractivity contribution in [2.24, 2.45) is 0 Å². The number of nitrogens with one attached hydrogen (secondary N) is 2. The van der Waals surface area contributed by atoms with Crippen LogP contribution < -0.4 is 10.6 Å². The van der Waals surface area contributed by atoms with Gasteiger partial charge in [0.15, 0.2) is 0 Å². The van der Waals surface area contributed by atoms with Gasteiger partial charge in [-0.2, -0.15) is 0 Å². The van der Waals surface area contributed by atoms with Gasteiger partial charge in [0.25, 0.3) is 5.91 Å². The number of carbonyl (C=O) groups excluding carboxylic acids is 1. The molecule has 0 saturated carbocycles. The summed E-state index contributed by atoms with van der Waals surface area (Å²) in [5.74, 6) is 0.784. The van der Waals surface area contributed by atoms with E-state index in [0.717, 1.165) is 50.3 Å². The summed E-state index contributed by atoms with van der Waals surface area (Å²) in [5, 5.41) is 6.18. The smallest absolute Gasteiger partial charge is 0.251 e. The van der Waals surface area contributed by atoms with Gasteiger partial charge < -0.3 is 10.6 Å². The quantitative estimate of drug-likeness (QED) is 0.709. The molecule has 0 saturated heterocycles. The van der Waals surface area contributed by atoms with Crippen molar-refractivity contribution < 1.29 is 4.79 Å². The van der Waals surface area contributed by atoms with E-state index in [4.69, 9.17) is 0 Å². The van der Waals surface area contributed by atoms with E-state index in [-0.39, 0.29) is 5.91 Å². The second-order valence-corrected chi connectivity index (χ2v) is 4.62. The number of nitrogens with zero attached hydrogens (tertiary/aromatic N) is 1. The summed E-state index contributed by atoms with van der Waals surface area (Å²) in [6.07, 6.45) is 3.96. The minimum atomic E-state index is -0.00917. The zero-order valence-electron chi connectivity index (χ0n) is 12.3. The molecule has 0 spiro atoms. The lowest BCUT2D eigenvalue weighted by molar-refractivity contribution is 0.0953. The lowest BCUT2D eigenvalue weighted by atomic mass is 10.1. The molecule has 2 N–H and O–H groups in total. The standard InChI is InChI=1S/C15H25N3O/c1-4-7-9-17-15(19)12-10-13(6-3)18-14(11-12)16-8-5-2/h10-11H,4-9H2,1-3H3,(H,16,18)(H,17,19). The van der Waals surface area contributed by atoms with Crippen molar-refractivity contribution in [1.82, 2.24) is 10.3 Å². The molecule has 0 aliphatic heterocycles. The molecule has 4 nitrogen and oxygen atoms in total. The van der Waals surface area contributed by atoms with E-state index in [0.29, 0.717) is 5.56 Å². The first-order valence-electron chi connectivity index (χ1n) is 7.24. The molecule has 0 aliphatic carbocycles. The summed E-state index contributed by atoms with van der Waals surface area (Å²) in [6.45, 7) is 7.87. The summed E-state index contributed by atoms with van der Waals surface area (Å²) in [4.78, 5) is 16.5. The van der Waals surface area contributed by atoms with Crippen LogP contribution >= 0.6 is 0 Å². The van der Waals surface area contributed by atoms with E-state index in [1.807, 2.05) is 19.1 Å². The fraction of sp³-hybridized carbons (Fsp3) is 0.600. The second-order valence-electron chi connectivity index (χ2n) is 4.62. The first-order chi connectivity index (χ1) is 9.21. The van der Waals surface area contributed by atoms with Crippen molar-refractivity contribution in [3.63, 3.8) is 0 Å². The Morgan fingerprint density at radius 2 is 1.95 bits per heavy atom. The van der Waals surface area contributed by atoms with E-state index in [2.05, 4.69) is 29.5 Å². The summed E-state index contributed by atoms with van der Waals surface area (Å²) >= 11 is 0. The Hall–Kier alpha value is -1.58. The van der Waals surface area contributed by atoms with Gasteiger partial charge >= 0.3 is 0 Å². The van der Waals surface area contributed by atoms with E-state index >= 15 is 0 Å². The zero-order chi connectivity index (χ0) is 14.1. The molecule has 1 aromatic heterocycles. The highest BCUT2D eigenvalue weighted by Crippen LogP contribution is 2.11. The minimum Gasteiger partial charge on any atom is -0.370 e. The third kappa shape index (κ3) is 5.28. The average Bonchev–Trinajstić information content (AvgIpc) is 2.44. The maximum absolute atomic E-state index is 12.0. The van der Waals surface area contributed by atoms with Gasteiger partial charge in [-0.15, -0.1) is 0 Å². The molecule has 1 aromatic rings. The normalized spacial score (nSPS) is 10.3. The molecule has 19 heavy (non-hydrogen) atoms. The molecule has 4 heteroatoms.